The van der Waals surface area contributed by atoms with Crippen LogP contribution in [0, 0.1) is 10.8 Å². The van der Waals surface area contributed by atoms with Crippen LogP contribution in [0.15, 0.2) is 0 Å². The molecule has 0 aliphatic carbocycles. The van der Waals surface area contributed by atoms with Gasteiger partial charge in [0.25, 0.3) is 0 Å². The Hall–Kier alpha value is 0.599. The minimum Gasteiger partial charge on any atom is -0.550 e. The Labute approximate surface area is 522 Å². The molecule has 0 radical (unpaired) electrons. The maximum Gasteiger partial charge on any atom is 2.00 e. The summed E-state index contributed by atoms with van der Waals surface area (Å²) < 4.78 is 0. The number of carbonyl (C=O) groups is 6. The summed E-state index contributed by atoms with van der Waals surface area (Å²) in [5.74, 6) is -7.38. The first-order valence-electron chi connectivity index (χ1n) is 27.9. The van der Waals surface area contributed by atoms with Gasteiger partial charge in [0.05, 0.1) is 0 Å². The Morgan fingerprint density at radius 2 is 0.423 bits per heavy atom. The first-order valence-corrected chi connectivity index (χ1v) is 27.9. The Morgan fingerprint density at radius 1 is 0.254 bits per heavy atom. The van der Waals surface area contributed by atoms with Crippen molar-refractivity contribution >= 4 is 149 Å². The maximum atomic E-state index is 11.9. The van der Waals surface area contributed by atoms with E-state index < -0.39 is 59.5 Å². The van der Waals surface area contributed by atoms with E-state index in [2.05, 4.69) is 13.8 Å². The van der Waals surface area contributed by atoms with Crippen LogP contribution in [0.1, 0.15) is 309 Å². The molecule has 2 unspecified atom stereocenters. The zero-order valence-electron chi connectivity index (χ0n) is 45.5. The van der Waals surface area contributed by atoms with Crippen molar-refractivity contribution in [1.29, 1.82) is 0 Å². The molecular weight excluding hydrogens is 985 g/mol. The van der Waals surface area contributed by atoms with Gasteiger partial charge in [0.15, 0.2) is 0 Å². The molecule has 0 aliphatic heterocycles. The van der Waals surface area contributed by atoms with E-state index >= 15 is 0 Å². The molecule has 0 heterocycles. The third-order valence-corrected chi connectivity index (χ3v) is 13.9. The molecule has 71 heavy (non-hydrogen) atoms. The van der Waals surface area contributed by atoms with Crippen molar-refractivity contribution in [3.05, 3.63) is 0 Å². The molecule has 0 aromatic rings. The molecule has 0 saturated carbocycles. The van der Waals surface area contributed by atoms with Crippen molar-refractivity contribution in [2.45, 2.75) is 309 Å². The minimum absolute atomic E-state index is 0. The van der Waals surface area contributed by atoms with E-state index in [4.69, 9.17) is 0 Å². The van der Waals surface area contributed by atoms with Gasteiger partial charge < -0.3 is 59.4 Å². The molecule has 0 amide bonds. The Balaban J connectivity index is -0.000000392. The summed E-state index contributed by atoms with van der Waals surface area (Å²) in [6, 6.07) is 0. The molecule has 0 rings (SSSR count). The van der Waals surface area contributed by atoms with Crippen LogP contribution in [0.25, 0.3) is 0 Å². The number of aliphatic carboxylic acids is 6. The van der Waals surface area contributed by atoms with E-state index in [0.29, 0.717) is 51.4 Å². The number of rotatable bonds is 52. The van der Waals surface area contributed by atoms with Crippen molar-refractivity contribution < 1.29 is 59.4 Å². The fraction of sp³-hybridized carbons (Fsp3) is 0.893. The molecule has 0 aromatic carbocycles. The van der Waals surface area contributed by atoms with Crippen LogP contribution in [0.2, 0.25) is 0 Å². The van der Waals surface area contributed by atoms with Gasteiger partial charge in [0.2, 0.25) is 0 Å². The Kier molecular flexibility index (Phi) is 66.0. The molecule has 12 nitrogen and oxygen atoms in total. The van der Waals surface area contributed by atoms with Gasteiger partial charge in [0.1, 0.15) is 0 Å². The van der Waals surface area contributed by atoms with Crippen LogP contribution >= 0.6 is 0 Å². The van der Waals surface area contributed by atoms with Gasteiger partial charge in [-0.25, -0.2) is 0 Å². The average molecular weight is 1080 g/mol. The number of carboxylic acids is 6. The first kappa shape index (κ1) is 80.5. The van der Waals surface area contributed by atoms with Gasteiger partial charge in [-0.15, -0.1) is 0 Å². The minimum atomic E-state index is -1.36. The average Bonchev–Trinajstić information content (AvgIpc) is 3.27. The molecule has 0 aromatic heterocycles. The van der Waals surface area contributed by atoms with Gasteiger partial charge in [-0.1, -0.05) is 245 Å². The van der Waals surface area contributed by atoms with Crippen LogP contribution in [0.4, 0.5) is 0 Å². The second-order valence-electron chi connectivity index (χ2n) is 20.2. The van der Waals surface area contributed by atoms with Crippen molar-refractivity contribution in [3.8, 4) is 0 Å². The monoisotopic (exact) mass is 1080 g/mol. The van der Waals surface area contributed by atoms with Crippen molar-refractivity contribution in [2.24, 2.45) is 10.8 Å². The molecule has 0 N–H and O–H groups in total. The smallest absolute Gasteiger partial charge is 0.550 e. The van der Waals surface area contributed by atoms with Gasteiger partial charge in [0, 0.05) is 46.6 Å². The molecule has 0 aliphatic rings. The second-order valence-corrected chi connectivity index (χ2v) is 20.2. The van der Waals surface area contributed by atoms with E-state index in [0.717, 1.165) is 77.0 Å². The summed E-state index contributed by atoms with van der Waals surface area (Å²) in [5, 5.41) is 67.1. The second kappa shape index (κ2) is 58.3. The normalized spacial score (nSPS) is 12.4. The van der Waals surface area contributed by atoms with Gasteiger partial charge in [-0.3, -0.25) is 0 Å². The van der Waals surface area contributed by atoms with E-state index in [9.17, 15) is 59.4 Å². The largest absolute Gasteiger partial charge is 2.00 e. The van der Waals surface area contributed by atoms with Gasteiger partial charge in [-0.2, -0.15) is 0 Å². The summed E-state index contributed by atoms with van der Waals surface area (Å²) in [6.07, 6.45) is 40.9. The molecule has 0 spiro atoms. The quantitative estimate of drug-likeness (QED) is 0.0431. The van der Waals surface area contributed by atoms with Crippen LogP contribution in [0.3, 0.4) is 0 Å². The van der Waals surface area contributed by atoms with E-state index in [-0.39, 0.29) is 139 Å². The molecule has 2 atom stereocenters. The summed E-state index contributed by atoms with van der Waals surface area (Å²) in [7, 11) is 0. The van der Waals surface area contributed by atoms with Crippen molar-refractivity contribution in [2.75, 3.05) is 0 Å². The molecule has 0 bridgehead atoms. The van der Waals surface area contributed by atoms with Crippen LogP contribution in [0.5, 0.6) is 0 Å². The third kappa shape index (κ3) is 53.8. The number of carbonyl (C=O) groups excluding carboxylic acids is 6. The van der Waals surface area contributed by atoms with Crippen LogP contribution < -0.4 is 30.6 Å². The topological polar surface area (TPSA) is 241 Å². The molecular formula is C56H98Ca3O12. The first-order chi connectivity index (χ1) is 32.7. The zero-order valence-corrected chi connectivity index (χ0v) is 52.2. The third-order valence-electron chi connectivity index (χ3n) is 13.9. The summed E-state index contributed by atoms with van der Waals surface area (Å²) >= 11 is 0. The summed E-state index contributed by atoms with van der Waals surface area (Å²) in [5.41, 5.74) is -2.72. The van der Waals surface area contributed by atoms with Crippen LogP contribution in [-0.2, 0) is 28.8 Å². The summed E-state index contributed by atoms with van der Waals surface area (Å²) in [4.78, 5) is 67.1. The predicted molar refractivity (Wildman–Crippen MR) is 276 cm³/mol. The van der Waals surface area contributed by atoms with Crippen LogP contribution in [-0.4, -0.2) is 149 Å². The van der Waals surface area contributed by atoms with Gasteiger partial charge >= 0.3 is 113 Å². The number of unbranched alkanes of at least 4 members (excludes halogenated alkanes) is 34. The van der Waals surface area contributed by atoms with E-state index in [1.807, 2.05) is 0 Å². The van der Waals surface area contributed by atoms with Gasteiger partial charge in [-0.05, 0) is 64.2 Å². The SMILES string of the molecule is CCCCCCCCCCCCCCCCC(CCCCCCCC(=O)[O-])(CC(=O)[O-])C(=O)[O-].CCCCCCCCCCCCCCCCC(CCCCCCCC(=O)[O-])(CC(=O)[O-])C(=O)[O-].[Ca+2].[Ca+2].[Ca+2]. The number of hydrogen-bond donors (Lipinski definition) is 0. The molecule has 15 heteroatoms. The number of hydrogen-bond acceptors (Lipinski definition) is 12. The number of carboxylic acid groups (broad SMARTS) is 6. The molecule has 0 saturated heterocycles. The van der Waals surface area contributed by atoms with Crippen molar-refractivity contribution in [3.63, 3.8) is 0 Å². The van der Waals surface area contributed by atoms with E-state index in [1.54, 1.807) is 0 Å². The fourth-order valence-corrected chi connectivity index (χ4v) is 9.55. The predicted octanol–water partition coefficient (Wildman–Crippen LogP) is 7.29. The Bertz CT molecular complexity index is 1180. The Morgan fingerprint density at radius 3 is 0.577 bits per heavy atom. The zero-order chi connectivity index (χ0) is 51.0. The van der Waals surface area contributed by atoms with E-state index in [1.165, 1.54) is 128 Å². The van der Waals surface area contributed by atoms with Crippen molar-refractivity contribution in [1.82, 2.24) is 0 Å². The maximum absolute atomic E-state index is 11.9. The molecule has 0 fully saturated rings. The standard InChI is InChI=1S/2C28H52O6.3Ca/c2*1-2-3-4-5-6-7-8-9-10-11-12-13-16-19-22-28(27(33)34,24-26(31)32)23-20-17-14-15-18-21-25(29)30;;;/h2*2-24H2,1H3,(H,29,30)(H,31,32)(H,33,34);;;/q;;3*+2/p-6. The molecule has 400 valence electrons. The fourth-order valence-electron chi connectivity index (χ4n) is 9.55. The summed E-state index contributed by atoms with van der Waals surface area (Å²) in [6.45, 7) is 4.48.